The zero-order valence-corrected chi connectivity index (χ0v) is 12.4. The van der Waals surface area contributed by atoms with Gasteiger partial charge in [0.15, 0.2) is 0 Å². The SMILES string of the molecule is CN1C(=O)S/C(=C/c2cc(Br)c(O)c([N+](=O)[O-])c2)C1=O. The van der Waals surface area contributed by atoms with E-state index in [0.717, 1.165) is 22.7 Å². The highest BCUT2D eigenvalue weighted by Crippen LogP contribution is 2.37. The van der Waals surface area contributed by atoms with Crippen LogP contribution in [0.4, 0.5) is 10.5 Å². The molecule has 1 N–H and O–H groups in total. The minimum absolute atomic E-state index is 0.133. The quantitative estimate of drug-likeness (QED) is 0.495. The first-order valence-electron chi connectivity index (χ1n) is 5.19. The lowest BCUT2D eigenvalue weighted by atomic mass is 10.1. The normalized spacial score (nSPS) is 17.1. The standard InChI is InChI=1S/C11H7BrN2O5S/c1-13-10(16)8(20-11(13)17)4-5-2-6(12)9(15)7(3-5)14(18)19/h2-4,15H,1H3/b8-4+. The Morgan fingerprint density at radius 1 is 1.45 bits per heavy atom. The molecule has 1 aromatic carbocycles. The molecule has 0 atom stereocenters. The molecule has 7 nitrogen and oxygen atoms in total. The average Bonchev–Trinajstić information content (AvgIpc) is 2.61. The summed E-state index contributed by atoms with van der Waals surface area (Å²) >= 11 is 3.75. The van der Waals surface area contributed by atoms with Gasteiger partial charge in [-0.2, -0.15) is 0 Å². The van der Waals surface area contributed by atoms with Crippen LogP contribution in [0, 0.1) is 10.1 Å². The maximum absolute atomic E-state index is 11.7. The van der Waals surface area contributed by atoms with Gasteiger partial charge in [-0.1, -0.05) is 0 Å². The van der Waals surface area contributed by atoms with Crippen LogP contribution in [0.25, 0.3) is 6.08 Å². The summed E-state index contributed by atoms with van der Waals surface area (Å²) in [4.78, 5) is 34.3. The fourth-order valence-corrected chi connectivity index (χ4v) is 2.82. The summed E-state index contributed by atoms with van der Waals surface area (Å²) < 4.78 is 0.133. The predicted molar refractivity (Wildman–Crippen MR) is 76.2 cm³/mol. The van der Waals surface area contributed by atoms with Crippen LogP contribution < -0.4 is 0 Å². The molecule has 0 aromatic heterocycles. The molecule has 2 rings (SSSR count). The Morgan fingerprint density at radius 3 is 2.60 bits per heavy atom. The Bertz CT molecular complexity index is 673. The number of rotatable bonds is 2. The van der Waals surface area contributed by atoms with Gasteiger partial charge in [0.25, 0.3) is 11.1 Å². The molecule has 0 aliphatic carbocycles. The maximum atomic E-state index is 11.7. The first kappa shape index (κ1) is 14.5. The number of imide groups is 1. The Balaban J connectivity index is 2.48. The van der Waals surface area contributed by atoms with Crippen molar-refractivity contribution in [3.05, 3.63) is 37.2 Å². The molecule has 1 aromatic rings. The number of hydrogen-bond acceptors (Lipinski definition) is 6. The van der Waals surface area contributed by atoms with Crippen molar-refractivity contribution < 1.29 is 19.6 Å². The predicted octanol–water partition coefficient (Wildman–Crippen LogP) is 2.73. The smallest absolute Gasteiger partial charge is 0.312 e. The van der Waals surface area contributed by atoms with Gasteiger partial charge in [-0.25, -0.2) is 0 Å². The number of carbonyl (C=O) groups excluding carboxylic acids is 2. The molecule has 0 unspecified atom stereocenters. The number of carbonyl (C=O) groups is 2. The van der Waals surface area contributed by atoms with Gasteiger partial charge < -0.3 is 5.11 Å². The average molecular weight is 359 g/mol. The van der Waals surface area contributed by atoms with Crippen molar-refractivity contribution in [3.63, 3.8) is 0 Å². The first-order valence-corrected chi connectivity index (χ1v) is 6.80. The molecule has 20 heavy (non-hydrogen) atoms. The second kappa shape index (κ2) is 5.25. The van der Waals surface area contributed by atoms with E-state index in [1.165, 1.54) is 19.2 Å². The number of phenolic OH excluding ortho intramolecular Hbond substituents is 1. The Hall–Kier alpha value is -1.87. The number of thioether (sulfide) groups is 1. The first-order chi connectivity index (χ1) is 9.31. The number of hydrogen-bond donors (Lipinski definition) is 1. The number of benzene rings is 1. The molecule has 0 bridgehead atoms. The molecule has 0 radical (unpaired) electrons. The Kier molecular flexibility index (Phi) is 3.82. The van der Waals surface area contributed by atoms with Crippen molar-refractivity contribution in [3.8, 4) is 5.75 Å². The van der Waals surface area contributed by atoms with Crippen LogP contribution in [0.2, 0.25) is 0 Å². The lowest BCUT2D eigenvalue weighted by molar-refractivity contribution is -0.386. The van der Waals surface area contributed by atoms with E-state index in [1.807, 2.05) is 0 Å². The fourth-order valence-electron chi connectivity index (χ4n) is 1.52. The zero-order chi connectivity index (χ0) is 15.0. The number of halogens is 1. The number of phenols is 1. The third-order valence-corrected chi connectivity index (χ3v) is 4.11. The summed E-state index contributed by atoms with van der Waals surface area (Å²) in [5.74, 6) is -0.956. The van der Waals surface area contributed by atoms with Crippen molar-refractivity contribution in [2.24, 2.45) is 0 Å². The van der Waals surface area contributed by atoms with Crippen molar-refractivity contribution in [1.82, 2.24) is 4.90 Å². The van der Waals surface area contributed by atoms with E-state index in [9.17, 15) is 24.8 Å². The fraction of sp³-hybridized carbons (Fsp3) is 0.0909. The van der Waals surface area contributed by atoms with Crippen LogP contribution in [-0.2, 0) is 4.79 Å². The third kappa shape index (κ3) is 2.54. The molecule has 9 heteroatoms. The van der Waals surface area contributed by atoms with Crippen molar-refractivity contribution in [1.29, 1.82) is 0 Å². The van der Waals surface area contributed by atoms with Crippen LogP contribution in [-0.4, -0.2) is 33.1 Å². The molecule has 0 saturated carbocycles. The van der Waals surface area contributed by atoms with Gasteiger partial charge in [-0.05, 0) is 45.4 Å². The highest BCUT2D eigenvalue weighted by Gasteiger charge is 2.32. The van der Waals surface area contributed by atoms with E-state index in [1.54, 1.807) is 0 Å². The number of nitro groups is 1. The topological polar surface area (TPSA) is 101 Å². The molecule has 104 valence electrons. The van der Waals surface area contributed by atoms with E-state index < -0.39 is 27.5 Å². The number of nitrogens with zero attached hydrogens (tertiary/aromatic N) is 2. The number of amides is 2. The molecule has 1 fully saturated rings. The highest BCUT2D eigenvalue weighted by molar-refractivity contribution is 9.10. The molecule has 1 heterocycles. The van der Waals surface area contributed by atoms with Crippen LogP contribution in [0.1, 0.15) is 5.56 Å². The lowest BCUT2D eigenvalue weighted by Gasteiger charge is -2.02. The minimum Gasteiger partial charge on any atom is -0.501 e. The van der Waals surface area contributed by atoms with E-state index in [0.29, 0.717) is 5.56 Å². The van der Waals surface area contributed by atoms with Gasteiger partial charge >= 0.3 is 5.69 Å². The third-order valence-electron chi connectivity index (χ3n) is 2.55. The monoisotopic (exact) mass is 358 g/mol. The number of nitro benzene ring substituents is 1. The second-order valence-electron chi connectivity index (χ2n) is 3.87. The van der Waals surface area contributed by atoms with E-state index in [2.05, 4.69) is 15.9 Å². The molecule has 2 amide bonds. The van der Waals surface area contributed by atoms with Crippen molar-refractivity contribution in [2.45, 2.75) is 0 Å². The molecule has 1 aliphatic heterocycles. The molecular formula is C11H7BrN2O5S. The van der Waals surface area contributed by atoms with E-state index >= 15 is 0 Å². The summed E-state index contributed by atoms with van der Waals surface area (Å²) in [6.45, 7) is 0. The van der Waals surface area contributed by atoms with E-state index in [-0.39, 0.29) is 9.38 Å². The van der Waals surface area contributed by atoms with Gasteiger partial charge in [0.05, 0.1) is 14.3 Å². The highest BCUT2D eigenvalue weighted by atomic mass is 79.9. The van der Waals surface area contributed by atoms with Crippen LogP contribution in [0.15, 0.2) is 21.5 Å². The minimum atomic E-state index is -0.733. The van der Waals surface area contributed by atoms with Gasteiger partial charge in [0.2, 0.25) is 5.75 Å². The molecular weight excluding hydrogens is 352 g/mol. The summed E-state index contributed by atoms with van der Waals surface area (Å²) in [5.41, 5.74) is -0.151. The van der Waals surface area contributed by atoms with Gasteiger partial charge in [0, 0.05) is 13.1 Å². The van der Waals surface area contributed by atoms with Crippen molar-refractivity contribution >= 4 is 50.6 Å². The van der Waals surface area contributed by atoms with Gasteiger partial charge in [-0.15, -0.1) is 0 Å². The van der Waals surface area contributed by atoms with Gasteiger partial charge in [0.1, 0.15) is 0 Å². The summed E-state index contributed by atoms with van der Waals surface area (Å²) in [6, 6.07) is 2.55. The van der Waals surface area contributed by atoms with Crippen LogP contribution in [0.5, 0.6) is 5.75 Å². The molecule has 1 aliphatic rings. The lowest BCUT2D eigenvalue weighted by Crippen LogP contribution is -2.22. The van der Waals surface area contributed by atoms with E-state index in [4.69, 9.17) is 0 Å². The Labute approximate surface area is 125 Å². The number of aromatic hydroxyl groups is 1. The molecule has 0 spiro atoms. The summed E-state index contributed by atoms with van der Waals surface area (Å²) in [7, 11) is 1.35. The zero-order valence-electron chi connectivity index (χ0n) is 9.99. The van der Waals surface area contributed by atoms with Crippen LogP contribution >= 0.6 is 27.7 Å². The van der Waals surface area contributed by atoms with Crippen molar-refractivity contribution in [2.75, 3.05) is 7.05 Å². The number of likely N-dealkylation sites (N-methyl/N-ethyl adjacent to an activating group) is 1. The molecule has 1 saturated heterocycles. The maximum Gasteiger partial charge on any atom is 0.312 e. The second-order valence-corrected chi connectivity index (χ2v) is 5.72. The van der Waals surface area contributed by atoms with Gasteiger partial charge in [-0.3, -0.25) is 24.6 Å². The largest absolute Gasteiger partial charge is 0.501 e. The Morgan fingerprint density at radius 2 is 2.10 bits per heavy atom. The summed E-state index contributed by atoms with van der Waals surface area (Å²) in [6.07, 6.45) is 1.37. The van der Waals surface area contributed by atoms with Crippen LogP contribution in [0.3, 0.4) is 0 Å². The summed E-state index contributed by atoms with van der Waals surface area (Å²) in [5, 5.41) is 19.9.